The van der Waals surface area contributed by atoms with E-state index in [2.05, 4.69) is 329 Å². The highest BCUT2D eigenvalue weighted by atomic mass is 15.0. The quantitative estimate of drug-likeness (QED) is 0.128. The van der Waals surface area contributed by atoms with Gasteiger partial charge in [0.05, 0.1) is 0 Å². The minimum Gasteiger partial charge on any atom is -0.208 e. The SMILES string of the molecule is CC1(C)c2cc(-c3nc(-c4cccc(-c5ccccc5)c4)nc(-c4ccc5cc(-c6cccc7cc(-c8ccc(-c9nc(-c%10ccc(-c%11ccc%12ccccc%12c%11)cc%10)nc(-c%10cccc(-c%11ccccc%11)c%10)n9)cc8)ccc67)ccc5c4)n3)ccc2-c2cc3ccccc3cc21. The molecular weight excluding hydrogens is 1180 g/mol. The van der Waals surface area contributed by atoms with Gasteiger partial charge in [-0.3, -0.25) is 0 Å². The number of rotatable bonds is 11. The minimum atomic E-state index is -0.224. The highest BCUT2D eigenvalue weighted by Gasteiger charge is 2.36. The van der Waals surface area contributed by atoms with Crippen molar-refractivity contribution < 1.29 is 0 Å². The van der Waals surface area contributed by atoms with Crippen LogP contribution in [0.2, 0.25) is 0 Å². The maximum Gasteiger partial charge on any atom is 0.164 e. The molecule has 0 saturated carbocycles. The molecule has 17 aromatic rings. The van der Waals surface area contributed by atoms with Crippen molar-refractivity contribution in [2.24, 2.45) is 0 Å². The van der Waals surface area contributed by atoms with Crippen LogP contribution in [0.15, 0.2) is 328 Å². The third kappa shape index (κ3) is 10.6. The lowest BCUT2D eigenvalue weighted by atomic mass is 9.81. The molecule has 18 rings (SSSR count). The normalized spacial score (nSPS) is 12.3. The maximum absolute atomic E-state index is 5.32. The van der Waals surface area contributed by atoms with Gasteiger partial charge in [0.15, 0.2) is 34.9 Å². The Morgan fingerprint density at radius 3 is 1.07 bits per heavy atom. The van der Waals surface area contributed by atoms with Gasteiger partial charge >= 0.3 is 0 Å². The van der Waals surface area contributed by atoms with Gasteiger partial charge < -0.3 is 0 Å². The molecule has 0 radical (unpaired) electrons. The molecule has 0 atom stereocenters. The molecule has 0 N–H and O–H groups in total. The summed E-state index contributed by atoms with van der Waals surface area (Å²) in [5.74, 6) is 3.71. The fraction of sp³-hybridized carbons (Fsp3) is 0.0330. The number of hydrogen-bond donors (Lipinski definition) is 0. The summed E-state index contributed by atoms with van der Waals surface area (Å²) in [4.78, 5) is 31.4. The molecule has 97 heavy (non-hydrogen) atoms. The number of benzene rings is 15. The summed E-state index contributed by atoms with van der Waals surface area (Å²) >= 11 is 0. The fourth-order valence-electron chi connectivity index (χ4n) is 14.3. The van der Waals surface area contributed by atoms with Gasteiger partial charge in [0, 0.05) is 38.8 Å². The minimum absolute atomic E-state index is 0.224. The van der Waals surface area contributed by atoms with Crippen LogP contribution in [0.3, 0.4) is 0 Å². The molecule has 0 unspecified atom stereocenters. The van der Waals surface area contributed by atoms with Gasteiger partial charge in [-0.15, -0.1) is 0 Å². The standard InChI is InChI=1S/C91H60N6/c1-91(2)83-56-78(45-47-81(83)82-54-67-22-11-12-23-68(67)55-84(82)91)90-96-88(76-28-14-25-66(52-76)58-18-7-4-8-19-58)95-89(97-90)77-43-41-71-50-74(42-40-72(71)53-77)79-29-15-26-73-49-70(44-46-80(73)79)61-32-37-63(38-33-61)86-92-85(93-87(94-86)75-27-13-24-65(51-75)57-16-5-3-6-17-57)62-35-30-60(31-36-62)69-39-34-59-20-9-10-21-64(59)48-69/h3-56H,1-2H3. The van der Waals surface area contributed by atoms with Crippen LogP contribution in [0.5, 0.6) is 0 Å². The summed E-state index contributed by atoms with van der Waals surface area (Å²) in [6.45, 7) is 4.66. The summed E-state index contributed by atoms with van der Waals surface area (Å²) in [6.07, 6.45) is 0. The Labute approximate surface area is 562 Å². The molecule has 0 aliphatic heterocycles. The van der Waals surface area contributed by atoms with E-state index in [1.54, 1.807) is 0 Å². The van der Waals surface area contributed by atoms with E-state index in [0.29, 0.717) is 34.9 Å². The molecule has 6 heteroatoms. The molecule has 1 aliphatic rings. The molecule has 1 aliphatic carbocycles. The Morgan fingerprint density at radius 1 is 0.175 bits per heavy atom. The van der Waals surface area contributed by atoms with Gasteiger partial charge in [-0.25, -0.2) is 29.9 Å². The van der Waals surface area contributed by atoms with Crippen molar-refractivity contribution in [3.63, 3.8) is 0 Å². The van der Waals surface area contributed by atoms with Crippen molar-refractivity contribution in [1.29, 1.82) is 0 Å². The molecule has 0 saturated heterocycles. The molecule has 0 fully saturated rings. The molecule has 2 aromatic heterocycles. The zero-order valence-corrected chi connectivity index (χ0v) is 53.4. The molecule has 0 spiro atoms. The number of hydrogen-bond acceptors (Lipinski definition) is 6. The monoisotopic (exact) mass is 1240 g/mol. The zero-order valence-electron chi connectivity index (χ0n) is 53.4. The predicted molar refractivity (Wildman–Crippen MR) is 401 cm³/mol. The lowest BCUT2D eigenvalue weighted by molar-refractivity contribution is 0.661. The Kier molecular flexibility index (Phi) is 13.8. The maximum atomic E-state index is 5.32. The van der Waals surface area contributed by atoms with Gasteiger partial charge in [0.1, 0.15) is 0 Å². The van der Waals surface area contributed by atoms with E-state index < -0.39 is 0 Å². The van der Waals surface area contributed by atoms with Crippen molar-refractivity contribution in [3.05, 3.63) is 339 Å². The largest absolute Gasteiger partial charge is 0.208 e. The topological polar surface area (TPSA) is 77.3 Å². The van der Waals surface area contributed by atoms with Crippen LogP contribution in [0.4, 0.5) is 0 Å². The van der Waals surface area contributed by atoms with Gasteiger partial charge in [-0.05, 0) is 176 Å². The number of aromatic nitrogens is 6. The molecule has 6 nitrogen and oxygen atoms in total. The van der Waals surface area contributed by atoms with E-state index in [4.69, 9.17) is 29.9 Å². The van der Waals surface area contributed by atoms with E-state index >= 15 is 0 Å². The summed E-state index contributed by atoms with van der Waals surface area (Å²) in [6, 6.07) is 117. The Bertz CT molecular complexity index is 5960. The third-order valence-electron chi connectivity index (χ3n) is 19.5. The van der Waals surface area contributed by atoms with E-state index in [1.807, 2.05) is 12.1 Å². The smallest absolute Gasteiger partial charge is 0.164 e. The van der Waals surface area contributed by atoms with Gasteiger partial charge in [-0.1, -0.05) is 287 Å². The fourth-order valence-corrected chi connectivity index (χ4v) is 14.3. The van der Waals surface area contributed by atoms with Crippen LogP contribution in [-0.2, 0) is 5.41 Å². The summed E-state index contributed by atoms with van der Waals surface area (Å²) in [7, 11) is 0. The lowest BCUT2D eigenvalue weighted by Crippen LogP contribution is -2.15. The van der Waals surface area contributed by atoms with Crippen molar-refractivity contribution in [1.82, 2.24) is 29.9 Å². The second kappa shape index (κ2) is 23.4. The van der Waals surface area contributed by atoms with E-state index in [-0.39, 0.29) is 5.41 Å². The van der Waals surface area contributed by atoms with Crippen LogP contribution in [0, 0.1) is 0 Å². The first-order chi connectivity index (χ1) is 47.7. The van der Waals surface area contributed by atoms with E-state index in [9.17, 15) is 0 Å². The second-order valence-corrected chi connectivity index (χ2v) is 25.9. The van der Waals surface area contributed by atoms with Crippen molar-refractivity contribution in [2.45, 2.75) is 19.3 Å². The first-order valence-corrected chi connectivity index (χ1v) is 33.0. The van der Waals surface area contributed by atoms with Crippen molar-refractivity contribution in [3.8, 4) is 135 Å². The van der Waals surface area contributed by atoms with Crippen LogP contribution in [0.1, 0.15) is 25.0 Å². The molecule has 0 amide bonds. The van der Waals surface area contributed by atoms with Gasteiger partial charge in [-0.2, -0.15) is 0 Å². The Hall–Kier alpha value is -12.6. The first kappa shape index (κ1) is 57.1. The van der Waals surface area contributed by atoms with Gasteiger partial charge in [0.2, 0.25) is 0 Å². The van der Waals surface area contributed by atoms with Crippen LogP contribution < -0.4 is 0 Å². The molecular formula is C91H60N6. The average molecular weight is 1240 g/mol. The van der Waals surface area contributed by atoms with Crippen LogP contribution in [0.25, 0.3) is 178 Å². The van der Waals surface area contributed by atoms with Crippen LogP contribution >= 0.6 is 0 Å². The molecule has 15 aromatic carbocycles. The number of fused-ring (bicyclic) bond motifs is 7. The third-order valence-corrected chi connectivity index (χ3v) is 19.5. The lowest BCUT2D eigenvalue weighted by Gasteiger charge is -2.22. The summed E-state index contributed by atoms with van der Waals surface area (Å²) < 4.78 is 0. The van der Waals surface area contributed by atoms with Gasteiger partial charge in [0.25, 0.3) is 0 Å². The second-order valence-electron chi connectivity index (χ2n) is 25.9. The number of nitrogens with zero attached hydrogens (tertiary/aromatic N) is 6. The summed E-state index contributed by atoms with van der Waals surface area (Å²) in [5, 5.41) is 9.50. The molecule has 454 valence electrons. The average Bonchev–Trinajstić information content (AvgIpc) is 1.58. The highest BCUT2D eigenvalue weighted by Crippen LogP contribution is 2.51. The predicted octanol–water partition coefficient (Wildman–Crippen LogP) is 23.3. The molecule has 0 bridgehead atoms. The molecule has 2 heterocycles. The Morgan fingerprint density at radius 2 is 0.495 bits per heavy atom. The first-order valence-electron chi connectivity index (χ1n) is 33.0. The van der Waals surface area contributed by atoms with Crippen molar-refractivity contribution >= 4 is 43.1 Å². The van der Waals surface area contributed by atoms with E-state index in [0.717, 1.165) is 99.6 Å². The summed E-state index contributed by atoms with van der Waals surface area (Å²) in [5.41, 5.74) is 21.7. The highest BCUT2D eigenvalue weighted by molar-refractivity contribution is 6.02. The Balaban J connectivity index is 0.652. The van der Waals surface area contributed by atoms with E-state index in [1.165, 1.54) is 54.7 Å². The van der Waals surface area contributed by atoms with Crippen molar-refractivity contribution in [2.75, 3.05) is 0 Å². The zero-order chi connectivity index (χ0) is 64.6. The van der Waals surface area contributed by atoms with Crippen LogP contribution in [-0.4, -0.2) is 29.9 Å².